The van der Waals surface area contributed by atoms with Crippen molar-refractivity contribution in [3.63, 3.8) is 0 Å². The summed E-state index contributed by atoms with van der Waals surface area (Å²) < 4.78 is 11.8. The number of nitrogens with two attached hydrogens (primary N) is 1. The molecule has 112 valence electrons. The first-order valence-corrected chi connectivity index (χ1v) is 7.71. The quantitative estimate of drug-likeness (QED) is 0.827. The molecule has 1 aromatic carbocycles. The van der Waals surface area contributed by atoms with Gasteiger partial charge in [-0.1, -0.05) is 13.8 Å². The minimum absolute atomic E-state index is 0.365. The molecule has 0 radical (unpaired) electrons. The third kappa shape index (κ3) is 4.14. The van der Waals surface area contributed by atoms with Crippen molar-refractivity contribution in [3.05, 3.63) is 23.8 Å². The van der Waals surface area contributed by atoms with Crippen molar-refractivity contribution < 1.29 is 9.47 Å². The number of anilines is 1. The molecule has 0 spiro atoms. The summed E-state index contributed by atoms with van der Waals surface area (Å²) in [7, 11) is 0. The lowest BCUT2D eigenvalue weighted by Gasteiger charge is -2.31. The summed E-state index contributed by atoms with van der Waals surface area (Å²) in [5, 5.41) is 0. The molecule has 0 aromatic heterocycles. The topological polar surface area (TPSA) is 44.5 Å². The van der Waals surface area contributed by atoms with Crippen LogP contribution < -0.4 is 10.5 Å². The van der Waals surface area contributed by atoms with E-state index >= 15 is 0 Å². The number of nitrogen functional groups attached to an aromatic ring is 1. The Morgan fingerprint density at radius 1 is 1.15 bits per heavy atom. The van der Waals surface area contributed by atoms with Gasteiger partial charge in [-0.25, -0.2) is 0 Å². The molecule has 1 saturated carbocycles. The zero-order valence-electron chi connectivity index (χ0n) is 12.9. The molecule has 1 fully saturated rings. The van der Waals surface area contributed by atoms with E-state index < -0.39 is 0 Å². The van der Waals surface area contributed by atoms with E-state index in [1.807, 2.05) is 25.1 Å². The largest absolute Gasteiger partial charge is 0.494 e. The molecule has 0 aliphatic heterocycles. The molecule has 0 amide bonds. The van der Waals surface area contributed by atoms with Crippen LogP contribution in [0, 0.1) is 11.8 Å². The molecule has 2 N–H and O–H groups in total. The zero-order chi connectivity index (χ0) is 14.5. The minimum atomic E-state index is 0.365. The predicted octanol–water partition coefficient (Wildman–Crippen LogP) is 4.01. The number of rotatable bonds is 5. The van der Waals surface area contributed by atoms with Crippen molar-refractivity contribution in [3.8, 4) is 5.75 Å². The molecule has 1 aromatic rings. The lowest BCUT2D eigenvalue weighted by molar-refractivity contribution is -0.00986. The van der Waals surface area contributed by atoms with Crippen LogP contribution in [0.2, 0.25) is 0 Å². The van der Waals surface area contributed by atoms with Crippen LogP contribution in [0.3, 0.4) is 0 Å². The van der Waals surface area contributed by atoms with Crippen molar-refractivity contribution in [2.24, 2.45) is 11.8 Å². The van der Waals surface area contributed by atoms with Gasteiger partial charge >= 0.3 is 0 Å². The van der Waals surface area contributed by atoms with Crippen LogP contribution in [-0.4, -0.2) is 12.7 Å². The van der Waals surface area contributed by atoms with E-state index in [0.717, 1.165) is 41.7 Å². The molecular formula is C17H27NO2. The van der Waals surface area contributed by atoms with Gasteiger partial charge in [0.25, 0.3) is 0 Å². The first kappa shape index (κ1) is 15.2. The minimum Gasteiger partial charge on any atom is -0.494 e. The van der Waals surface area contributed by atoms with E-state index in [0.29, 0.717) is 19.3 Å². The summed E-state index contributed by atoms with van der Waals surface area (Å²) in [5.41, 5.74) is 7.68. The van der Waals surface area contributed by atoms with E-state index in [9.17, 15) is 0 Å². The fraction of sp³-hybridized carbons (Fsp3) is 0.647. The van der Waals surface area contributed by atoms with Crippen LogP contribution in [0.15, 0.2) is 18.2 Å². The summed E-state index contributed by atoms with van der Waals surface area (Å²) >= 11 is 0. The fourth-order valence-electron chi connectivity index (χ4n) is 3.23. The van der Waals surface area contributed by atoms with Gasteiger partial charge in [0.2, 0.25) is 0 Å². The van der Waals surface area contributed by atoms with Crippen LogP contribution in [0.25, 0.3) is 0 Å². The molecule has 2 unspecified atom stereocenters. The van der Waals surface area contributed by atoms with Crippen LogP contribution in [0.4, 0.5) is 5.69 Å². The average Bonchev–Trinajstić information content (AvgIpc) is 2.38. The maximum absolute atomic E-state index is 6.12. The molecule has 20 heavy (non-hydrogen) atoms. The monoisotopic (exact) mass is 277 g/mol. The zero-order valence-corrected chi connectivity index (χ0v) is 12.9. The SMILES string of the molecule is CCOc1ccc(N)cc1COC1CC(C)CC(C)C1. The van der Waals surface area contributed by atoms with Crippen molar-refractivity contribution in [2.75, 3.05) is 12.3 Å². The highest BCUT2D eigenvalue weighted by molar-refractivity contribution is 5.47. The van der Waals surface area contributed by atoms with Gasteiger partial charge < -0.3 is 15.2 Å². The van der Waals surface area contributed by atoms with Crippen LogP contribution >= 0.6 is 0 Å². The number of benzene rings is 1. The molecule has 2 rings (SSSR count). The first-order chi connectivity index (χ1) is 9.58. The number of hydrogen-bond donors (Lipinski definition) is 1. The van der Waals surface area contributed by atoms with Gasteiger partial charge in [0.1, 0.15) is 5.75 Å². The number of ether oxygens (including phenoxy) is 2. The van der Waals surface area contributed by atoms with Gasteiger partial charge in [-0.3, -0.25) is 0 Å². The molecule has 0 heterocycles. The molecule has 0 saturated heterocycles. The highest BCUT2D eigenvalue weighted by Gasteiger charge is 2.24. The van der Waals surface area contributed by atoms with Crippen LogP contribution in [-0.2, 0) is 11.3 Å². The Morgan fingerprint density at radius 2 is 1.85 bits per heavy atom. The maximum Gasteiger partial charge on any atom is 0.124 e. The Labute approximate surface area is 122 Å². The Kier molecular flexibility index (Phi) is 5.30. The van der Waals surface area contributed by atoms with E-state index in [4.69, 9.17) is 15.2 Å². The van der Waals surface area contributed by atoms with E-state index in [-0.39, 0.29) is 0 Å². The normalized spacial score (nSPS) is 26.4. The summed E-state index contributed by atoms with van der Waals surface area (Å²) in [4.78, 5) is 0. The molecule has 3 heteroatoms. The third-order valence-corrected chi connectivity index (χ3v) is 3.99. The Balaban J connectivity index is 1.97. The highest BCUT2D eigenvalue weighted by atomic mass is 16.5. The van der Waals surface area contributed by atoms with E-state index in [1.165, 1.54) is 6.42 Å². The average molecular weight is 277 g/mol. The van der Waals surface area contributed by atoms with Crippen molar-refractivity contribution in [2.45, 2.75) is 52.7 Å². The molecule has 2 atom stereocenters. The summed E-state index contributed by atoms with van der Waals surface area (Å²) in [6.07, 6.45) is 4.01. The van der Waals surface area contributed by atoms with Gasteiger partial charge in [0, 0.05) is 11.3 Å². The number of hydrogen-bond acceptors (Lipinski definition) is 3. The van der Waals surface area contributed by atoms with Gasteiger partial charge in [0.05, 0.1) is 19.3 Å². The molecule has 3 nitrogen and oxygen atoms in total. The van der Waals surface area contributed by atoms with Crippen molar-refractivity contribution >= 4 is 5.69 Å². The Bertz CT molecular complexity index is 423. The lowest BCUT2D eigenvalue weighted by Crippen LogP contribution is -2.26. The van der Waals surface area contributed by atoms with Crippen LogP contribution in [0.1, 0.15) is 45.6 Å². The van der Waals surface area contributed by atoms with E-state index in [2.05, 4.69) is 13.8 Å². The first-order valence-electron chi connectivity index (χ1n) is 7.71. The van der Waals surface area contributed by atoms with Gasteiger partial charge in [0.15, 0.2) is 0 Å². The maximum atomic E-state index is 6.12. The van der Waals surface area contributed by atoms with Gasteiger partial charge in [-0.05, 0) is 56.2 Å². The van der Waals surface area contributed by atoms with Crippen molar-refractivity contribution in [1.82, 2.24) is 0 Å². The summed E-state index contributed by atoms with van der Waals surface area (Å²) in [6.45, 7) is 7.88. The molecule has 1 aliphatic rings. The lowest BCUT2D eigenvalue weighted by atomic mass is 9.82. The standard InChI is InChI=1S/C17H27NO2/c1-4-19-17-6-5-15(18)10-14(17)11-20-16-8-12(2)7-13(3)9-16/h5-6,10,12-13,16H,4,7-9,11,18H2,1-3H3. The summed E-state index contributed by atoms with van der Waals surface area (Å²) in [6, 6.07) is 5.77. The second kappa shape index (κ2) is 6.98. The molecule has 1 aliphatic carbocycles. The van der Waals surface area contributed by atoms with E-state index in [1.54, 1.807) is 0 Å². The smallest absolute Gasteiger partial charge is 0.124 e. The molecule has 0 bridgehead atoms. The van der Waals surface area contributed by atoms with Gasteiger partial charge in [-0.2, -0.15) is 0 Å². The molecular weight excluding hydrogens is 250 g/mol. The second-order valence-electron chi connectivity index (χ2n) is 6.15. The van der Waals surface area contributed by atoms with Crippen LogP contribution in [0.5, 0.6) is 5.75 Å². The predicted molar refractivity (Wildman–Crippen MR) is 82.8 cm³/mol. The highest BCUT2D eigenvalue weighted by Crippen LogP contribution is 2.31. The Morgan fingerprint density at radius 3 is 2.50 bits per heavy atom. The van der Waals surface area contributed by atoms with Gasteiger partial charge in [-0.15, -0.1) is 0 Å². The second-order valence-corrected chi connectivity index (χ2v) is 6.15. The third-order valence-electron chi connectivity index (χ3n) is 3.99. The summed E-state index contributed by atoms with van der Waals surface area (Å²) in [5.74, 6) is 2.41. The van der Waals surface area contributed by atoms with Crippen molar-refractivity contribution in [1.29, 1.82) is 0 Å². The Hall–Kier alpha value is -1.22. The fourth-order valence-corrected chi connectivity index (χ4v) is 3.23.